The summed E-state index contributed by atoms with van der Waals surface area (Å²) in [6.45, 7) is 4.07. The molecule has 0 aliphatic rings. The number of carboxylic acids is 1. The van der Waals surface area contributed by atoms with Crippen LogP contribution in [0.2, 0.25) is 0 Å². The zero-order chi connectivity index (χ0) is 17.4. The number of amides is 3. The van der Waals surface area contributed by atoms with Gasteiger partial charge in [-0.2, -0.15) is 0 Å². The van der Waals surface area contributed by atoms with Crippen LogP contribution in [0.1, 0.15) is 26.7 Å². The molecule has 1 aromatic rings. The van der Waals surface area contributed by atoms with Gasteiger partial charge >= 0.3 is 12.0 Å². The minimum Gasteiger partial charge on any atom is -0.481 e. The van der Waals surface area contributed by atoms with Crippen LogP contribution in [0.4, 0.5) is 16.2 Å². The number of carbonyl (C=O) groups excluding carboxylic acids is 2. The van der Waals surface area contributed by atoms with Crippen LogP contribution in [-0.2, 0) is 9.59 Å². The molecule has 0 aliphatic heterocycles. The van der Waals surface area contributed by atoms with E-state index in [-0.39, 0.29) is 30.8 Å². The molecule has 0 radical (unpaired) electrons. The second-order valence-electron chi connectivity index (χ2n) is 5.72. The molecule has 0 bridgehead atoms. The molecule has 7 heteroatoms. The number of nitrogens with one attached hydrogen (secondary N) is 2. The number of rotatable bonds is 7. The van der Waals surface area contributed by atoms with Gasteiger partial charge in [0.05, 0.1) is 6.42 Å². The van der Waals surface area contributed by atoms with Gasteiger partial charge in [0.1, 0.15) is 0 Å². The molecule has 0 fully saturated rings. The van der Waals surface area contributed by atoms with Crippen molar-refractivity contribution in [2.75, 3.05) is 24.2 Å². The van der Waals surface area contributed by atoms with Crippen molar-refractivity contribution in [3.63, 3.8) is 0 Å². The Morgan fingerprint density at radius 3 is 2.09 bits per heavy atom. The molecule has 0 atom stereocenters. The first kappa shape index (κ1) is 18.5. The summed E-state index contributed by atoms with van der Waals surface area (Å²) < 4.78 is 0. The van der Waals surface area contributed by atoms with E-state index >= 15 is 0 Å². The Hall–Kier alpha value is -2.57. The molecule has 1 rings (SSSR count). The largest absolute Gasteiger partial charge is 0.481 e. The lowest BCUT2D eigenvalue weighted by molar-refractivity contribution is -0.137. The molecule has 0 unspecified atom stereocenters. The van der Waals surface area contributed by atoms with Gasteiger partial charge in [-0.05, 0) is 30.2 Å². The molecule has 23 heavy (non-hydrogen) atoms. The van der Waals surface area contributed by atoms with Crippen molar-refractivity contribution >= 4 is 29.3 Å². The third-order valence-corrected chi connectivity index (χ3v) is 3.02. The fraction of sp³-hybridized carbons (Fsp3) is 0.438. The maximum absolute atomic E-state index is 11.9. The van der Waals surface area contributed by atoms with Gasteiger partial charge in [-0.25, -0.2) is 4.79 Å². The number of benzene rings is 1. The fourth-order valence-electron chi connectivity index (χ4n) is 1.80. The standard InChI is InChI=1S/C16H23N3O4/c1-11(2)10-14(20)17-12-4-6-13(7-5-12)18-16(23)19(3)9-8-15(21)22/h4-7,11H,8-10H2,1-3H3,(H,17,20)(H,18,23)(H,21,22). The number of carboxylic acid groups (broad SMARTS) is 1. The summed E-state index contributed by atoms with van der Waals surface area (Å²) in [5.74, 6) is -0.716. The normalized spacial score (nSPS) is 10.3. The van der Waals surface area contributed by atoms with E-state index in [1.165, 1.54) is 11.9 Å². The van der Waals surface area contributed by atoms with Gasteiger partial charge in [-0.1, -0.05) is 13.8 Å². The van der Waals surface area contributed by atoms with Crippen molar-refractivity contribution in [1.82, 2.24) is 4.90 Å². The monoisotopic (exact) mass is 321 g/mol. The molecule has 0 spiro atoms. The van der Waals surface area contributed by atoms with Crippen molar-refractivity contribution in [1.29, 1.82) is 0 Å². The number of carbonyl (C=O) groups is 3. The van der Waals surface area contributed by atoms with Crippen LogP contribution in [0, 0.1) is 5.92 Å². The van der Waals surface area contributed by atoms with E-state index in [2.05, 4.69) is 10.6 Å². The van der Waals surface area contributed by atoms with Crippen LogP contribution >= 0.6 is 0 Å². The molecule has 3 N–H and O–H groups in total. The lowest BCUT2D eigenvalue weighted by atomic mass is 10.1. The Morgan fingerprint density at radius 2 is 1.61 bits per heavy atom. The Labute approximate surface area is 135 Å². The number of anilines is 2. The lowest BCUT2D eigenvalue weighted by Crippen LogP contribution is -2.33. The first-order valence-corrected chi connectivity index (χ1v) is 7.41. The molecule has 7 nitrogen and oxygen atoms in total. The van der Waals surface area contributed by atoms with Crippen LogP contribution in [0.25, 0.3) is 0 Å². The highest BCUT2D eigenvalue weighted by Gasteiger charge is 2.10. The third kappa shape index (κ3) is 7.30. The second kappa shape index (κ2) is 8.77. The van der Waals surface area contributed by atoms with Crippen molar-refractivity contribution < 1.29 is 19.5 Å². The Morgan fingerprint density at radius 1 is 1.09 bits per heavy atom. The molecule has 0 saturated heterocycles. The van der Waals surface area contributed by atoms with Gasteiger partial charge in [0.2, 0.25) is 5.91 Å². The number of hydrogen-bond donors (Lipinski definition) is 3. The molecule has 3 amide bonds. The van der Waals surface area contributed by atoms with Crippen molar-refractivity contribution in [3.05, 3.63) is 24.3 Å². The minimum absolute atomic E-state index is 0.0508. The van der Waals surface area contributed by atoms with E-state index in [4.69, 9.17) is 5.11 Å². The van der Waals surface area contributed by atoms with Crippen molar-refractivity contribution in [2.24, 2.45) is 5.92 Å². The van der Waals surface area contributed by atoms with Gasteiger partial charge in [0.25, 0.3) is 0 Å². The van der Waals surface area contributed by atoms with Gasteiger partial charge in [0.15, 0.2) is 0 Å². The number of urea groups is 1. The first-order chi connectivity index (χ1) is 10.8. The second-order valence-corrected chi connectivity index (χ2v) is 5.72. The maximum Gasteiger partial charge on any atom is 0.321 e. The molecular weight excluding hydrogens is 298 g/mol. The minimum atomic E-state index is -0.953. The van der Waals surface area contributed by atoms with Crippen LogP contribution in [0.3, 0.4) is 0 Å². The van der Waals surface area contributed by atoms with Crippen molar-refractivity contribution in [2.45, 2.75) is 26.7 Å². The summed E-state index contributed by atoms with van der Waals surface area (Å²) in [5.41, 5.74) is 1.23. The Kier molecular flexibility index (Phi) is 7.05. The zero-order valence-corrected chi connectivity index (χ0v) is 13.6. The van der Waals surface area contributed by atoms with Gasteiger partial charge in [-0.3, -0.25) is 9.59 Å². The molecule has 1 aromatic carbocycles. The predicted octanol–water partition coefficient (Wildman–Crippen LogP) is 2.61. The van der Waals surface area contributed by atoms with Crippen LogP contribution in [-0.4, -0.2) is 41.5 Å². The third-order valence-electron chi connectivity index (χ3n) is 3.02. The fourth-order valence-corrected chi connectivity index (χ4v) is 1.80. The summed E-state index contributed by atoms with van der Waals surface area (Å²) >= 11 is 0. The van der Waals surface area contributed by atoms with Crippen molar-refractivity contribution in [3.8, 4) is 0 Å². The molecule has 0 aromatic heterocycles. The molecular formula is C16H23N3O4. The van der Waals surface area contributed by atoms with Gasteiger partial charge in [0, 0.05) is 31.4 Å². The summed E-state index contributed by atoms with van der Waals surface area (Å²) in [6.07, 6.45) is 0.345. The first-order valence-electron chi connectivity index (χ1n) is 7.41. The molecule has 0 heterocycles. The quantitative estimate of drug-likeness (QED) is 0.719. The Balaban J connectivity index is 2.51. The summed E-state index contributed by atoms with van der Waals surface area (Å²) in [5, 5.41) is 14.0. The van der Waals surface area contributed by atoms with Gasteiger partial charge in [-0.15, -0.1) is 0 Å². The molecule has 0 saturated carbocycles. The molecule has 126 valence electrons. The summed E-state index contributed by atoms with van der Waals surface area (Å²) in [7, 11) is 1.53. The lowest BCUT2D eigenvalue weighted by Gasteiger charge is -2.17. The van der Waals surface area contributed by atoms with E-state index in [1.54, 1.807) is 24.3 Å². The average molecular weight is 321 g/mol. The van der Waals surface area contributed by atoms with E-state index < -0.39 is 5.97 Å². The van der Waals surface area contributed by atoms with E-state index in [0.29, 0.717) is 17.8 Å². The SMILES string of the molecule is CC(C)CC(=O)Nc1ccc(NC(=O)N(C)CCC(=O)O)cc1. The van der Waals surface area contributed by atoms with Crippen LogP contribution < -0.4 is 10.6 Å². The summed E-state index contributed by atoms with van der Waals surface area (Å²) in [6, 6.07) is 6.36. The van der Waals surface area contributed by atoms with Crippen LogP contribution in [0.15, 0.2) is 24.3 Å². The highest BCUT2D eigenvalue weighted by atomic mass is 16.4. The number of hydrogen-bond acceptors (Lipinski definition) is 3. The maximum atomic E-state index is 11.9. The molecule has 0 aliphatic carbocycles. The smallest absolute Gasteiger partial charge is 0.321 e. The van der Waals surface area contributed by atoms with E-state index in [9.17, 15) is 14.4 Å². The highest BCUT2D eigenvalue weighted by Crippen LogP contribution is 2.15. The average Bonchev–Trinajstić information content (AvgIpc) is 2.45. The van der Waals surface area contributed by atoms with Gasteiger partial charge < -0.3 is 20.6 Å². The van der Waals surface area contributed by atoms with E-state index in [0.717, 1.165) is 0 Å². The number of aliphatic carboxylic acids is 1. The van der Waals surface area contributed by atoms with E-state index in [1.807, 2.05) is 13.8 Å². The predicted molar refractivity (Wildman–Crippen MR) is 88.4 cm³/mol. The topological polar surface area (TPSA) is 98.7 Å². The number of nitrogens with zero attached hydrogens (tertiary/aromatic N) is 1. The highest BCUT2D eigenvalue weighted by molar-refractivity contribution is 5.92. The van der Waals surface area contributed by atoms with Crippen LogP contribution in [0.5, 0.6) is 0 Å². The summed E-state index contributed by atoms with van der Waals surface area (Å²) in [4.78, 5) is 35.3. The zero-order valence-electron chi connectivity index (χ0n) is 13.6. The Bertz CT molecular complexity index is 555.